The molecule has 5 nitrogen and oxygen atoms in total. The van der Waals surface area contributed by atoms with E-state index >= 15 is 0 Å². The van der Waals surface area contributed by atoms with E-state index in [4.69, 9.17) is 15.2 Å². The highest BCUT2D eigenvalue weighted by Crippen LogP contribution is 2.28. The normalized spacial score (nSPS) is 11.9. The summed E-state index contributed by atoms with van der Waals surface area (Å²) in [5.74, 6) is 1.43. The van der Waals surface area contributed by atoms with E-state index < -0.39 is 6.04 Å². The van der Waals surface area contributed by atoms with Crippen LogP contribution < -0.4 is 15.2 Å². The Bertz CT molecular complexity index is 491. The Morgan fingerprint density at radius 3 is 2.52 bits per heavy atom. The van der Waals surface area contributed by atoms with E-state index in [2.05, 4.69) is 13.8 Å². The van der Waals surface area contributed by atoms with Crippen LogP contribution in [-0.2, 0) is 11.3 Å². The van der Waals surface area contributed by atoms with Gasteiger partial charge in [0.1, 0.15) is 0 Å². The molecule has 0 aliphatic carbocycles. The zero-order valence-corrected chi connectivity index (χ0v) is 14.8. The molecule has 0 spiro atoms. The SMILES string of the molecule is CCCOc1ccc(CN(CCC)C(=O)[C@@H](N)CC)cc1OC. The molecule has 1 atom stereocenters. The van der Waals surface area contributed by atoms with Crippen molar-refractivity contribution in [1.82, 2.24) is 4.90 Å². The average Bonchev–Trinajstić information content (AvgIpc) is 2.58. The summed E-state index contributed by atoms with van der Waals surface area (Å²) in [4.78, 5) is 14.2. The molecule has 2 N–H and O–H groups in total. The molecule has 0 saturated carbocycles. The number of nitrogens with zero attached hydrogens (tertiary/aromatic N) is 1. The van der Waals surface area contributed by atoms with Gasteiger partial charge in [-0.15, -0.1) is 0 Å². The molecule has 0 unspecified atom stereocenters. The van der Waals surface area contributed by atoms with E-state index in [1.807, 2.05) is 30.0 Å². The van der Waals surface area contributed by atoms with E-state index in [0.717, 1.165) is 24.2 Å². The lowest BCUT2D eigenvalue weighted by Crippen LogP contribution is -2.43. The number of amides is 1. The van der Waals surface area contributed by atoms with E-state index in [9.17, 15) is 4.79 Å². The maximum Gasteiger partial charge on any atom is 0.239 e. The lowest BCUT2D eigenvalue weighted by atomic mass is 10.1. The molecule has 0 bridgehead atoms. The number of ether oxygens (including phenoxy) is 2. The van der Waals surface area contributed by atoms with Crippen LogP contribution in [0.5, 0.6) is 11.5 Å². The first-order chi connectivity index (χ1) is 11.1. The van der Waals surface area contributed by atoms with Crippen LogP contribution in [0.15, 0.2) is 18.2 Å². The lowest BCUT2D eigenvalue weighted by molar-refractivity contribution is -0.133. The van der Waals surface area contributed by atoms with Gasteiger partial charge in [0.15, 0.2) is 11.5 Å². The van der Waals surface area contributed by atoms with Crippen molar-refractivity contribution < 1.29 is 14.3 Å². The van der Waals surface area contributed by atoms with Crippen LogP contribution in [0.2, 0.25) is 0 Å². The van der Waals surface area contributed by atoms with Crippen LogP contribution in [-0.4, -0.2) is 37.1 Å². The maximum absolute atomic E-state index is 12.4. The van der Waals surface area contributed by atoms with Gasteiger partial charge in [-0.3, -0.25) is 4.79 Å². The second kappa shape index (κ2) is 10.1. The minimum atomic E-state index is -0.435. The zero-order chi connectivity index (χ0) is 17.2. The molecule has 1 aromatic rings. The molecular formula is C18H30N2O3. The van der Waals surface area contributed by atoms with Gasteiger partial charge in [-0.1, -0.05) is 26.8 Å². The van der Waals surface area contributed by atoms with Crippen LogP contribution in [0.4, 0.5) is 0 Å². The van der Waals surface area contributed by atoms with Crippen molar-refractivity contribution >= 4 is 5.91 Å². The van der Waals surface area contributed by atoms with Gasteiger partial charge in [-0.2, -0.15) is 0 Å². The highest BCUT2D eigenvalue weighted by atomic mass is 16.5. The Kier molecular flexibility index (Phi) is 8.48. The Morgan fingerprint density at radius 2 is 1.96 bits per heavy atom. The van der Waals surface area contributed by atoms with Gasteiger partial charge in [0.2, 0.25) is 5.91 Å². The second-order valence-electron chi connectivity index (χ2n) is 5.61. The first-order valence-electron chi connectivity index (χ1n) is 8.41. The molecule has 0 radical (unpaired) electrons. The molecule has 0 aliphatic heterocycles. The van der Waals surface area contributed by atoms with Crippen molar-refractivity contribution in [1.29, 1.82) is 0 Å². The first-order valence-corrected chi connectivity index (χ1v) is 8.41. The molecule has 1 rings (SSSR count). The summed E-state index contributed by atoms with van der Waals surface area (Å²) in [6, 6.07) is 5.37. The number of carbonyl (C=O) groups excluding carboxylic acids is 1. The quantitative estimate of drug-likeness (QED) is 0.719. The predicted molar refractivity (Wildman–Crippen MR) is 92.8 cm³/mol. The number of methoxy groups -OCH3 is 1. The summed E-state index contributed by atoms with van der Waals surface area (Å²) in [7, 11) is 1.62. The number of rotatable bonds is 10. The molecule has 1 aromatic carbocycles. The number of hydrogen-bond donors (Lipinski definition) is 1. The summed E-state index contributed by atoms with van der Waals surface area (Å²) in [5, 5.41) is 0. The Balaban J connectivity index is 2.89. The van der Waals surface area contributed by atoms with E-state index in [1.165, 1.54) is 0 Å². The number of carbonyl (C=O) groups is 1. The second-order valence-corrected chi connectivity index (χ2v) is 5.61. The van der Waals surface area contributed by atoms with Crippen molar-refractivity contribution in [2.24, 2.45) is 5.73 Å². The van der Waals surface area contributed by atoms with Gasteiger partial charge in [0.05, 0.1) is 19.8 Å². The van der Waals surface area contributed by atoms with Crippen LogP contribution in [0.3, 0.4) is 0 Å². The third-order valence-corrected chi connectivity index (χ3v) is 3.63. The fourth-order valence-corrected chi connectivity index (χ4v) is 2.31. The van der Waals surface area contributed by atoms with Crippen molar-refractivity contribution in [3.8, 4) is 11.5 Å². The molecule has 0 heterocycles. The summed E-state index contributed by atoms with van der Waals surface area (Å²) >= 11 is 0. The molecule has 130 valence electrons. The van der Waals surface area contributed by atoms with Crippen molar-refractivity contribution in [3.05, 3.63) is 23.8 Å². The summed E-state index contributed by atoms with van der Waals surface area (Å²) in [6.45, 7) is 7.93. The summed E-state index contributed by atoms with van der Waals surface area (Å²) in [6.07, 6.45) is 2.49. The fourth-order valence-electron chi connectivity index (χ4n) is 2.31. The highest BCUT2D eigenvalue weighted by molar-refractivity contribution is 5.81. The van der Waals surface area contributed by atoms with Gasteiger partial charge in [0, 0.05) is 13.1 Å². The molecular weight excluding hydrogens is 292 g/mol. The monoisotopic (exact) mass is 322 g/mol. The van der Waals surface area contributed by atoms with Crippen molar-refractivity contribution in [2.75, 3.05) is 20.3 Å². The standard InChI is InChI=1S/C18H30N2O3/c1-5-10-20(18(21)15(19)7-3)13-14-8-9-16(23-11-6-2)17(12-14)22-4/h8-9,12,15H,5-7,10-11,13,19H2,1-4H3/t15-/m0/s1. The molecule has 1 amide bonds. The molecule has 0 saturated heterocycles. The number of nitrogens with two attached hydrogens (primary N) is 1. The minimum Gasteiger partial charge on any atom is -0.493 e. The van der Waals surface area contributed by atoms with Gasteiger partial charge in [-0.05, 0) is 37.0 Å². The van der Waals surface area contributed by atoms with Crippen molar-refractivity contribution in [3.63, 3.8) is 0 Å². The van der Waals surface area contributed by atoms with Gasteiger partial charge >= 0.3 is 0 Å². The first kappa shape index (κ1) is 19.3. The Hall–Kier alpha value is -1.75. The Labute approximate surface area is 139 Å². The van der Waals surface area contributed by atoms with E-state index in [1.54, 1.807) is 7.11 Å². The summed E-state index contributed by atoms with van der Waals surface area (Å²) in [5.41, 5.74) is 6.91. The van der Waals surface area contributed by atoms with Crippen LogP contribution in [0.1, 0.15) is 45.6 Å². The molecule has 23 heavy (non-hydrogen) atoms. The predicted octanol–water partition coefficient (Wildman–Crippen LogP) is 2.96. The van der Waals surface area contributed by atoms with Crippen LogP contribution in [0, 0.1) is 0 Å². The molecule has 0 aromatic heterocycles. The third kappa shape index (κ3) is 5.75. The lowest BCUT2D eigenvalue weighted by Gasteiger charge is -2.25. The van der Waals surface area contributed by atoms with Gasteiger partial charge < -0.3 is 20.1 Å². The van der Waals surface area contributed by atoms with E-state index in [0.29, 0.717) is 31.9 Å². The smallest absolute Gasteiger partial charge is 0.239 e. The average molecular weight is 322 g/mol. The number of hydrogen-bond acceptors (Lipinski definition) is 4. The van der Waals surface area contributed by atoms with E-state index in [-0.39, 0.29) is 5.91 Å². The largest absolute Gasteiger partial charge is 0.493 e. The van der Waals surface area contributed by atoms with Gasteiger partial charge in [0.25, 0.3) is 0 Å². The van der Waals surface area contributed by atoms with Gasteiger partial charge in [-0.25, -0.2) is 0 Å². The van der Waals surface area contributed by atoms with Crippen molar-refractivity contribution in [2.45, 2.75) is 52.6 Å². The molecule has 5 heteroatoms. The van der Waals surface area contributed by atoms with Crippen LogP contribution >= 0.6 is 0 Å². The Morgan fingerprint density at radius 1 is 1.22 bits per heavy atom. The zero-order valence-electron chi connectivity index (χ0n) is 14.8. The molecule has 0 aliphatic rings. The minimum absolute atomic E-state index is 0.000346. The van der Waals surface area contributed by atoms with Crippen LogP contribution in [0.25, 0.3) is 0 Å². The molecule has 0 fully saturated rings. The number of benzene rings is 1. The highest BCUT2D eigenvalue weighted by Gasteiger charge is 2.19. The topological polar surface area (TPSA) is 64.8 Å². The third-order valence-electron chi connectivity index (χ3n) is 3.63. The fraction of sp³-hybridized carbons (Fsp3) is 0.611. The summed E-state index contributed by atoms with van der Waals surface area (Å²) < 4.78 is 11.1. The maximum atomic E-state index is 12.4.